The number of benzene rings is 1. The van der Waals surface area contributed by atoms with Crippen molar-refractivity contribution in [3.63, 3.8) is 0 Å². The van der Waals surface area contributed by atoms with E-state index in [1.54, 1.807) is 12.1 Å². The molecule has 2 aromatic rings. The molecular weight excluding hydrogens is 388 g/mol. The summed E-state index contributed by atoms with van der Waals surface area (Å²) in [5, 5.41) is 0. The molecule has 0 spiro atoms. The average molecular weight is 410 g/mol. The number of ether oxygens (including phenoxy) is 3. The minimum atomic E-state index is -0.805. The minimum Gasteiger partial charge on any atom is -0.496 e. The molecule has 30 heavy (non-hydrogen) atoms. The van der Waals surface area contributed by atoms with Crippen LogP contribution in [-0.4, -0.2) is 31.8 Å². The highest BCUT2D eigenvalue weighted by Gasteiger charge is 2.33. The molecule has 1 aromatic heterocycles. The summed E-state index contributed by atoms with van der Waals surface area (Å²) in [7, 11) is 2.80. The maximum Gasteiger partial charge on any atom is 0.374 e. The lowest BCUT2D eigenvalue weighted by Gasteiger charge is -2.24. The van der Waals surface area contributed by atoms with Crippen LogP contribution in [0.5, 0.6) is 11.5 Å². The molecule has 7 nitrogen and oxygen atoms in total. The van der Waals surface area contributed by atoms with Crippen LogP contribution in [0.2, 0.25) is 0 Å². The third-order valence-electron chi connectivity index (χ3n) is 4.63. The molecule has 1 aliphatic rings. The first-order chi connectivity index (χ1) is 14.4. The van der Waals surface area contributed by atoms with E-state index in [0.29, 0.717) is 12.0 Å². The predicted molar refractivity (Wildman–Crippen MR) is 108 cm³/mol. The summed E-state index contributed by atoms with van der Waals surface area (Å²) in [5.74, 6) is -0.976. The number of hydrogen-bond acceptors (Lipinski definition) is 7. The fourth-order valence-electron chi connectivity index (χ4n) is 3.24. The first-order valence-corrected chi connectivity index (χ1v) is 9.30. The Kier molecular flexibility index (Phi) is 6.20. The highest BCUT2D eigenvalue weighted by molar-refractivity contribution is 6.24. The van der Waals surface area contributed by atoms with Crippen molar-refractivity contribution in [3.8, 4) is 11.5 Å². The standard InChI is InChI=1S/C23H22O7/c1-13(2)7-10-17(30-23(26)18-6-5-11-29-18)14-12-19(27-3)20-15(24)8-9-16(25)21(20)22(14)28-4/h5-9,11-12,17H,10H2,1-4H3/t17-/m1/s1. The zero-order chi connectivity index (χ0) is 21.8. The fourth-order valence-corrected chi connectivity index (χ4v) is 3.24. The third kappa shape index (κ3) is 4.05. The summed E-state index contributed by atoms with van der Waals surface area (Å²) in [4.78, 5) is 37.6. The Balaban J connectivity index is 2.16. The number of ketones is 2. The number of carbonyl (C=O) groups excluding carboxylic acids is 3. The summed E-state index contributed by atoms with van der Waals surface area (Å²) >= 11 is 0. The van der Waals surface area contributed by atoms with Gasteiger partial charge in [-0.2, -0.15) is 0 Å². The second-order valence-electron chi connectivity index (χ2n) is 6.90. The lowest BCUT2D eigenvalue weighted by atomic mass is 9.88. The van der Waals surface area contributed by atoms with E-state index in [1.165, 1.54) is 38.7 Å². The van der Waals surface area contributed by atoms with E-state index in [0.717, 1.165) is 5.57 Å². The molecule has 1 aromatic carbocycles. The van der Waals surface area contributed by atoms with E-state index >= 15 is 0 Å². The van der Waals surface area contributed by atoms with Crippen molar-refractivity contribution in [1.29, 1.82) is 0 Å². The molecule has 1 heterocycles. The molecule has 156 valence electrons. The number of furan rings is 1. The van der Waals surface area contributed by atoms with Gasteiger partial charge >= 0.3 is 5.97 Å². The number of allylic oxidation sites excluding steroid dienone is 3. The van der Waals surface area contributed by atoms with E-state index in [2.05, 4.69) is 0 Å². The Morgan fingerprint density at radius 2 is 1.80 bits per heavy atom. The highest BCUT2D eigenvalue weighted by Crippen LogP contribution is 2.42. The number of carbonyl (C=O) groups is 3. The van der Waals surface area contributed by atoms with Crippen LogP contribution < -0.4 is 9.47 Å². The van der Waals surface area contributed by atoms with E-state index < -0.39 is 12.1 Å². The molecule has 0 saturated carbocycles. The summed E-state index contributed by atoms with van der Waals surface area (Å²) in [6.45, 7) is 3.84. The SMILES string of the molecule is COc1cc([C@@H](CC=C(C)C)OC(=O)c2ccco2)c(OC)c2c1C(=O)C=CC2=O. The van der Waals surface area contributed by atoms with E-state index in [9.17, 15) is 14.4 Å². The second kappa shape index (κ2) is 8.82. The second-order valence-corrected chi connectivity index (χ2v) is 6.90. The predicted octanol–water partition coefficient (Wildman–Crippen LogP) is 4.49. The Bertz CT molecular complexity index is 1040. The van der Waals surface area contributed by atoms with Crippen LogP contribution in [0.1, 0.15) is 63.2 Å². The Hall–Kier alpha value is -3.61. The molecule has 0 fully saturated rings. The van der Waals surface area contributed by atoms with Gasteiger partial charge < -0.3 is 18.6 Å². The van der Waals surface area contributed by atoms with Gasteiger partial charge in [-0.05, 0) is 44.2 Å². The first-order valence-electron chi connectivity index (χ1n) is 9.30. The van der Waals surface area contributed by atoms with Gasteiger partial charge in [-0.3, -0.25) is 9.59 Å². The number of fused-ring (bicyclic) bond motifs is 1. The van der Waals surface area contributed by atoms with Crippen molar-refractivity contribution in [3.05, 3.63) is 70.7 Å². The molecule has 0 amide bonds. The maximum atomic E-state index is 12.6. The van der Waals surface area contributed by atoms with Crippen LogP contribution in [0.3, 0.4) is 0 Å². The smallest absolute Gasteiger partial charge is 0.374 e. The summed E-state index contributed by atoms with van der Waals surface area (Å²) in [5.41, 5.74) is 1.66. The molecule has 3 rings (SSSR count). The van der Waals surface area contributed by atoms with Crippen LogP contribution in [0.4, 0.5) is 0 Å². The largest absolute Gasteiger partial charge is 0.496 e. The molecule has 0 radical (unpaired) electrons. The molecule has 1 atom stereocenters. The molecule has 0 bridgehead atoms. The van der Waals surface area contributed by atoms with Crippen molar-refractivity contribution in [2.24, 2.45) is 0 Å². The minimum absolute atomic E-state index is 0.0512. The van der Waals surface area contributed by atoms with Crippen LogP contribution in [-0.2, 0) is 4.74 Å². The van der Waals surface area contributed by atoms with Crippen LogP contribution in [0.25, 0.3) is 0 Å². The van der Waals surface area contributed by atoms with Gasteiger partial charge in [0.1, 0.15) is 17.6 Å². The van der Waals surface area contributed by atoms with Gasteiger partial charge in [0.15, 0.2) is 11.6 Å². The van der Waals surface area contributed by atoms with Gasteiger partial charge in [-0.15, -0.1) is 0 Å². The highest BCUT2D eigenvalue weighted by atomic mass is 16.6. The van der Waals surface area contributed by atoms with E-state index in [-0.39, 0.29) is 40.0 Å². The molecular formula is C23H22O7. The molecule has 0 aliphatic heterocycles. The van der Waals surface area contributed by atoms with Crippen molar-refractivity contribution in [1.82, 2.24) is 0 Å². The van der Waals surface area contributed by atoms with Crippen LogP contribution in [0, 0.1) is 0 Å². The Morgan fingerprint density at radius 1 is 1.10 bits per heavy atom. The van der Waals surface area contributed by atoms with Crippen LogP contribution >= 0.6 is 0 Å². The van der Waals surface area contributed by atoms with E-state index in [1.807, 2.05) is 19.9 Å². The number of hydrogen-bond donors (Lipinski definition) is 0. The van der Waals surface area contributed by atoms with E-state index in [4.69, 9.17) is 18.6 Å². The van der Waals surface area contributed by atoms with Gasteiger partial charge in [0.2, 0.25) is 5.76 Å². The van der Waals surface area contributed by atoms with Gasteiger partial charge in [0.05, 0.1) is 31.6 Å². The third-order valence-corrected chi connectivity index (χ3v) is 4.63. The quantitative estimate of drug-likeness (QED) is 0.491. The fraction of sp³-hybridized carbons (Fsp3) is 0.261. The molecule has 0 unspecified atom stereocenters. The average Bonchev–Trinajstić information content (AvgIpc) is 3.27. The van der Waals surface area contributed by atoms with Crippen molar-refractivity contribution in [2.75, 3.05) is 14.2 Å². The van der Waals surface area contributed by atoms with Gasteiger partial charge in [-0.1, -0.05) is 11.6 Å². The lowest BCUT2D eigenvalue weighted by Crippen LogP contribution is -2.19. The normalized spacial score (nSPS) is 13.5. The van der Waals surface area contributed by atoms with Crippen molar-refractivity contribution in [2.45, 2.75) is 26.4 Å². The summed E-state index contributed by atoms with van der Waals surface area (Å²) in [6, 6.07) is 4.65. The topological polar surface area (TPSA) is 92.0 Å². The Labute approximate surface area is 173 Å². The molecule has 1 aliphatic carbocycles. The Morgan fingerprint density at radius 3 is 2.37 bits per heavy atom. The van der Waals surface area contributed by atoms with Gasteiger partial charge in [-0.25, -0.2) is 4.79 Å². The monoisotopic (exact) mass is 410 g/mol. The number of methoxy groups -OCH3 is 2. The summed E-state index contributed by atoms with van der Waals surface area (Å²) in [6.07, 6.45) is 5.19. The molecule has 0 saturated heterocycles. The van der Waals surface area contributed by atoms with Gasteiger partial charge in [0.25, 0.3) is 0 Å². The van der Waals surface area contributed by atoms with Crippen LogP contribution in [0.15, 0.2) is 52.7 Å². The lowest BCUT2D eigenvalue weighted by molar-refractivity contribution is 0.0261. The summed E-state index contributed by atoms with van der Waals surface area (Å²) < 4.78 is 21.7. The zero-order valence-corrected chi connectivity index (χ0v) is 17.2. The maximum absolute atomic E-state index is 12.6. The van der Waals surface area contributed by atoms with Gasteiger partial charge in [0, 0.05) is 12.0 Å². The van der Waals surface area contributed by atoms with Crippen molar-refractivity contribution >= 4 is 17.5 Å². The van der Waals surface area contributed by atoms with Crippen molar-refractivity contribution < 1.29 is 33.0 Å². The number of rotatable bonds is 7. The zero-order valence-electron chi connectivity index (χ0n) is 17.2. The number of esters is 1. The first kappa shape index (κ1) is 21.1. The molecule has 0 N–H and O–H groups in total. The molecule has 7 heteroatoms.